The van der Waals surface area contributed by atoms with Crippen molar-refractivity contribution in [2.75, 3.05) is 6.54 Å². The number of carbonyl (C=O) groups is 2. The predicted molar refractivity (Wildman–Crippen MR) is 72.7 cm³/mol. The quantitative estimate of drug-likeness (QED) is 0.804. The molecule has 2 rings (SSSR count). The lowest BCUT2D eigenvalue weighted by Gasteiger charge is -2.41. The van der Waals surface area contributed by atoms with Gasteiger partial charge in [-0.2, -0.15) is 0 Å². The molecule has 0 aromatic carbocycles. The first-order chi connectivity index (χ1) is 9.06. The molecule has 0 aliphatic heterocycles. The molecule has 2 fully saturated rings. The first-order valence-electron chi connectivity index (χ1n) is 7.57. The van der Waals surface area contributed by atoms with Crippen molar-refractivity contribution in [3.63, 3.8) is 0 Å². The van der Waals surface area contributed by atoms with E-state index >= 15 is 0 Å². The smallest absolute Gasteiger partial charge is 0.306 e. The van der Waals surface area contributed by atoms with Crippen LogP contribution in [0.5, 0.6) is 0 Å². The van der Waals surface area contributed by atoms with Gasteiger partial charge in [0.15, 0.2) is 0 Å². The van der Waals surface area contributed by atoms with Gasteiger partial charge in [-0.05, 0) is 43.9 Å². The molecule has 0 saturated heterocycles. The van der Waals surface area contributed by atoms with E-state index in [2.05, 4.69) is 12.2 Å². The molecule has 2 aliphatic carbocycles. The lowest BCUT2D eigenvalue weighted by molar-refractivity contribution is -0.144. The highest BCUT2D eigenvalue weighted by Crippen LogP contribution is 2.43. The Kier molecular flexibility index (Phi) is 4.48. The fourth-order valence-corrected chi connectivity index (χ4v) is 3.40. The van der Waals surface area contributed by atoms with Crippen molar-refractivity contribution < 1.29 is 14.7 Å². The van der Waals surface area contributed by atoms with Gasteiger partial charge in [0, 0.05) is 12.5 Å². The van der Waals surface area contributed by atoms with Gasteiger partial charge in [0.2, 0.25) is 5.91 Å². The van der Waals surface area contributed by atoms with Gasteiger partial charge in [0.05, 0.1) is 5.92 Å². The number of amides is 1. The molecule has 0 heterocycles. The van der Waals surface area contributed by atoms with Crippen LogP contribution < -0.4 is 5.32 Å². The first-order valence-corrected chi connectivity index (χ1v) is 7.57. The predicted octanol–water partition coefficient (Wildman–Crippen LogP) is 2.57. The standard InChI is InChI=1S/C15H25NO3/c1-2-15(7-4-8-15)10-16-13(17)11-5-3-6-12(9-11)14(18)19/h11-12H,2-10H2,1H3,(H,16,17)(H,18,19). The molecular formula is C15H25NO3. The van der Waals surface area contributed by atoms with Gasteiger partial charge in [-0.3, -0.25) is 9.59 Å². The number of carboxylic acids is 1. The molecule has 2 aliphatic rings. The Balaban J connectivity index is 1.81. The zero-order valence-electron chi connectivity index (χ0n) is 11.8. The summed E-state index contributed by atoms with van der Waals surface area (Å²) in [5, 5.41) is 12.1. The van der Waals surface area contributed by atoms with Gasteiger partial charge in [-0.25, -0.2) is 0 Å². The Morgan fingerprint density at radius 2 is 1.89 bits per heavy atom. The summed E-state index contributed by atoms with van der Waals surface area (Å²) in [5.41, 5.74) is 0.330. The zero-order chi connectivity index (χ0) is 13.9. The van der Waals surface area contributed by atoms with Crippen LogP contribution in [-0.2, 0) is 9.59 Å². The molecule has 4 nitrogen and oxygen atoms in total. The van der Waals surface area contributed by atoms with Crippen molar-refractivity contribution >= 4 is 11.9 Å². The molecule has 2 N–H and O–H groups in total. The monoisotopic (exact) mass is 267 g/mol. The molecule has 4 heteroatoms. The van der Waals surface area contributed by atoms with Crippen LogP contribution in [0.2, 0.25) is 0 Å². The maximum atomic E-state index is 12.2. The summed E-state index contributed by atoms with van der Waals surface area (Å²) in [7, 11) is 0. The minimum absolute atomic E-state index is 0.0747. The van der Waals surface area contributed by atoms with Crippen LogP contribution in [0.15, 0.2) is 0 Å². The van der Waals surface area contributed by atoms with Crippen LogP contribution in [0, 0.1) is 17.3 Å². The molecule has 1 amide bonds. The minimum atomic E-state index is -0.749. The number of carboxylic acid groups (broad SMARTS) is 1. The molecule has 0 radical (unpaired) electrons. The van der Waals surface area contributed by atoms with Crippen molar-refractivity contribution in [2.45, 2.75) is 58.3 Å². The van der Waals surface area contributed by atoms with Crippen molar-refractivity contribution in [3.05, 3.63) is 0 Å². The highest BCUT2D eigenvalue weighted by atomic mass is 16.4. The van der Waals surface area contributed by atoms with Gasteiger partial charge in [0.25, 0.3) is 0 Å². The molecule has 2 unspecified atom stereocenters. The van der Waals surface area contributed by atoms with Gasteiger partial charge < -0.3 is 10.4 Å². The fourth-order valence-electron chi connectivity index (χ4n) is 3.40. The number of carbonyl (C=O) groups excluding carboxylic acids is 1. The molecule has 0 bridgehead atoms. The second-order valence-electron chi connectivity index (χ2n) is 6.32. The van der Waals surface area contributed by atoms with Gasteiger partial charge >= 0.3 is 5.97 Å². The number of rotatable bonds is 5. The van der Waals surface area contributed by atoms with Gasteiger partial charge in [-0.15, -0.1) is 0 Å². The third-order valence-electron chi connectivity index (χ3n) is 5.20. The average Bonchev–Trinajstić information content (AvgIpc) is 2.38. The topological polar surface area (TPSA) is 66.4 Å². The molecule has 0 aromatic rings. The van der Waals surface area contributed by atoms with E-state index in [4.69, 9.17) is 5.11 Å². The number of nitrogens with one attached hydrogen (secondary N) is 1. The number of hydrogen-bond donors (Lipinski definition) is 2. The van der Waals surface area contributed by atoms with E-state index < -0.39 is 5.97 Å². The van der Waals surface area contributed by atoms with E-state index in [-0.39, 0.29) is 17.7 Å². The Labute approximate surface area is 115 Å². The first kappa shape index (κ1) is 14.4. The molecular weight excluding hydrogens is 242 g/mol. The summed E-state index contributed by atoms with van der Waals surface area (Å²) in [6.45, 7) is 2.96. The van der Waals surface area contributed by atoms with E-state index in [0.29, 0.717) is 11.8 Å². The van der Waals surface area contributed by atoms with E-state index in [1.54, 1.807) is 0 Å². The zero-order valence-corrected chi connectivity index (χ0v) is 11.8. The lowest BCUT2D eigenvalue weighted by Crippen LogP contribution is -2.44. The lowest BCUT2D eigenvalue weighted by atomic mass is 9.67. The second-order valence-corrected chi connectivity index (χ2v) is 6.32. The van der Waals surface area contributed by atoms with Gasteiger partial charge in [-0.1, -0.05) is 19.8 Å². The van der Waals surface area contributed by atoms with Crippen LogP contribution in [-0.4, -0.2) is 23.5 Å². The van der Waals surface area contributed by atoms with E-state index in [0.717, 1.165) is 32.2 Å². The normalized spacial score (nSPS) is 29.3. The average molecular weight is 267 g/mol. The second kappa shape index (κ2) is 5.93. The molecule has 108 valence electrons. The Morgan fingerprint density at radius 1 is 1.21 bits per heavy atom. The SMILES string of the molecule is CCC1(CNC(=O)C2CCCC(C(=O)O)C2)CCC1. The fraction of sp³-hybridized carbons (Fsp3) is 0.867. The van der Waals surface area contributed by atoms with Crippen LogP contribution >= 0.6 is 0 Å². The van der Waals surface area contributed by atoms with Crippen LogP contribution in [0.3, 0.4) is 0 Å². The summed E-state index contributed by atoms with van der Waals surface area (Å²) in [6.07, 6.45) is 7.75. The molecule has 0 aromatic heterocycles. The number of aliphatic carboxylic acids is 1. The molecule has 0 spiro atoms. The highest BCUT2D eigenvalue weighted by Gasteiger charge is 2.36. The summed E-state index contributed by atoms with van der Waals surface area (Å²) < 4.78 is 0. The minimum Gasteiger partial charge on any atom is -0.481 e. The third-order valence-corrected chi connectivity index (χ3v) is 5.20. The van der Waals surface area contributed by atoms with Crippen molar-refractivity contribution in [2.24, 2.45) is 17.3 Å². The van der Waals surface area contributed by atoms with Crippen molar-refractivity contribution in [1.29, 1.82) is 0 Å². The molecule has 2 atom stereocenters. The third kappa shape index (κ3) is 3.28. The summed E-state index contributed by atoms with van der Waals surface area (Å²) in [6, 6.07) is 0. The summed E-state index contributed by atoms with van der Waals surface area (Å²) in [5.74, 6) is -1.09. The van der Waals surface area contributed by atoms with Crippen molar-refractivity contribution in [1.82, 2.24) is 5.32 Å². The van der Waals surface area contributed by atoms with Crippen LogP contribution in [0.4, 0.5) is 0 Å². The summed E-state index contributed by atoms with van der Waals surface area (Å²) in [4.78, 5) is 23.2. The van der Waals surface area contributed by atoms with E-state index in [1.165, 1.54) is 19.3 Å². The maximum absolute atomic E-state index is 12.2. The largest absolute Gasteiger partial charge is 0.481 e. The molecule has 2 saturated carbocycles. The van der Waals surface area contributed by atoms with Crippen LogP contribution in [0.1, 0.15) is 58.3 Å². The Morgan fingerprint density at radius 3 is 2.42 bits per heavy atom. The van der Waals surface area contributed by atoms with Crippen molar-refractivity contribution in [3.8, 4) is 0 Å². The highest BCUT2D eigenvalue weighted by molar-refractivity contribution is 5.80. The van der Waals surface area contributed by atoms with E-state index in [9.17, 15) is 9.59 Å². The Bertz CT molecular complexity index is 344. The molecule has 19 heavy (non-hydrogen) atoms. The van der Waals surface area contributed by atoms with Gasteiger partial charge in [0.1, 0.15) is 0 Å². The summed E-state index contributed by atoms with van der Waals surface area (Å²) >= 11 is 0. The Hall–Kier alpha value is -1.06. The van der Waals surface area contributed by atoms with E-state index in [1.807, 2.05) is 0 Å². The van der Waals surface area contributed by atoms with Crippen LogP contribution in [0.25, 0.3) is 0 Å². The number of hydrogen-bond acceptors (Lipinski definition) is 2. The maximum Gasteiger partial charge on any atom is 0.306 e.